The molecule has 0 spiro atoms. The van der Waals surface area contributed by atoms with Crippen molar-refractivity contribution < 1.29 is 14.3 Å². The van der Waals surface area contributed by atoms with E-state index in [2.05, 4.69) is 15.6 Å². The van der Waals surface area contributed by atoms with Gasteiger partial charge in [0, 0.05) is 11.8 Å². The summed E-state index contributed by atoms with van der Waals surface area (Å²) in [6, 6.07) is 11.9. The van der Waals surface area contributed by atoms with Gasteiger partial charge in [-0.15, -0.1) is 0 Å². The topological polar surface area (TPSA) is 80.3 Å². The summed E-state index contributed by atoms with van der Waals surface area (Å²) in [6.45, 7) is 2.03. The minimum atomic E-state index is -0.438. The van der Waals surface area contributed by atoms with Crippen LogP contribution in [0.2, 0.25) is 0 Å². The zero-order chi connectivity index (χ0) is 16.7. The van der Waals surface area contributed by atoms with E-state index in [9.17, 15) is 9.59 Å². The summed E-state index contributed by atoms with van der Waals surface area (Å²) in [5.74, 6) is -0.339. The highest BCUT2D eigenvalue weighted by Gasteiger charge is 2.09. The van der Waals surface area contributed by atoms with Crippen molar-refractivity contribution in [3.8, 4) is 0 Å². The molecule has 1 heterocycles. The number of carbonyl (C=O) groups is 2. The number of anilines is 1. The molecule has 2 N–H and O–H groups in total. The Kier molecular flexibility index (Phi) is 5.76. The Morgan fingerprint density at radius 1 is 1.13 bits per heavy atom. The molecule has 23 heavy (non-hydrogen) atoms. The van der Waals surface area contributed by atoms with Crippen LogP contribution in [0.1, 0.15) is 27.6 Å². The van der Waals surface area contributed by atoms with E-state index >= 15 is 0 Å². The highest BCUT2D eigenvalue weighted by molar-refractivity contribution is 7.80. The Bertz CT molecular complexity index is 702. The number of hydrogen-bond acceptors (Lipinski definition) is 5. The lowest BCUT2D eigenvalue weighted by Gasteiger charge is -2.09. The average molecular weight is 329 g/mol. The number of thiocarbonyl (C=S) groups is 1. The predicted octanol–water partition coefficient (Wildman–Crippen LogP) is 2.39. The molecule has 0 aliphatic heterocycles. The summed E-state index contributed by atoms with van der Waals surface area (Å²) < 4.78 is 4.87. The van der Waals surface area contributed by atoms with Crippen LogP contribution in [0.15, 0.2) is 48.7 Å². The fourth-order valence-electron chi connectivity index (χ4n) is 1.72. The van der Waals surface area contributed by atoms with E-state index in [1.165, 1.54) is 6.20 Å². The van der Waals surface area contributed by atoms with Gasteiger partial charge >= 0.3 is 5.97 Å². The quantitative estimate of drug-likeness (QED) is 0.662. The van der Waals surface area contributed by atoms with Crippen molar-refractivity contribution in [2.75, 3.05) is 11.9 Å². The van der Waals surface area contributed by atoms with Gasteiger partial charge in [-0.25, -0.2) is 9.78 Å². The Morgan fingerprint density at radius 3 is 2.48 bits per heavy atom. The third-order valence-electron chi connectivity index (χ3n) is 2.78. The Labute approximate surface area is 138 Å². The number of carbonyl (C=O) groups excluding carboxylic acids is 2. The molecule has 2 rings (SSSR count). The molecule has 0 unspecified atom stereocenters. The zero-order valence-electron chi connectivity index (χ0n) is 12.4. The van der Waals surface area contributed by atoms with E-state index in [0.29, 0.717) is 23.6 Å². The largest absolute Gasteiger partial charge is 0.462 e. The summed E-state index contributed by atoms with van der Waals surface area (Å²) in [5, 5.41) is 5.45. The molecule has 7 heteroatoms. The number of esters is 1. The lowest BCUT2D eigenvalue weighted by atomic mass is 10.2. The van der Waals surface area contributed by atoms with Crippen LogP contribution in [0.5, 0.6) is 0 Å². The normalized spacial score (nSPS) is 9.78. The number of pyridine rings is 1. The molecule has 0 atom stereocenters. The second-order valence-electron chi connectivity index (χ2n) is 4.43. The monoisotopic (exact) mass is 329 g/mol. The van der Waals surface area contributed by atoms with E-state index in [-0.39, 0.29) is 11.0 Å². The van der Waals surface area contributed by atoms with Crippen molar-refractivity contribution in [1.29, 1.82) is 0 Å². The molecule has 0 aliphatic rings. The van der Waals surface area contributed by atoms with Crippen molar-refractivity contribution >= 4 is 35.0 Å². The van der Waals surface area contributed by atoms with Crippen LogP contribution in [0.3, 0.4) is 0 Å². The lowest BCUT2D eigenvalue weighted by molar-refractivity contribution is 0.0526. The van der Waals surface area contributed by atoms with E-state index in [1.807, 2.05) is 6.07 Å². The number of hydrogen-bond donors (Lipinski definition) is 2. The van der Waals surface area contributed by atoms with Crippen molar-refractivity contribution in [2.24, 2.45) is 0 Å². The van der Waals surface area contributed by atoms with Gasteiger partial charge in [0.15, 0.2) is 5.11 Å². The molecule has 2 aromatic rings. The molecular weight excluding hydrogens is 314 g/mol. The first-order valence-electron chi connectivity index (χ1n) is 6.90. The first-order valence-corrected chi connectivity index (χ1v) is 7.31. The van der Waals surface area contributed by atoms with Gasteiger partial charge in [-0.05, 0) is 43.4 Å². The summed E-state index contributed by atoms with van der Waals surface area (Å²) in [6.07, 6.45) is 1.38. The maximum Gasteiger partial charge on any atom is 0.339 e. The second-order valence-corrected chi connectivity index (χ2v) is 4.84. The van der Waals surface area contributed by atoms with Gasteiger partial charge < -0.3 is 10.1 Å². The van der Waals surface area contributed by atoms with E-state index < -0.39 is 5.97 Å². The smallest absolute Gasteiger partial charge is 0.339 e. The van der Waals surface area contributed by atoms with Gasteiger partial charge in [-0.3, -0.25) is 10.1 Å². The van der Waals surface area contributed by atoms with Gasteiger partial charge in [0.1, 0.15) is 5.82 Å². The number of amides is 1. The third kappa shape index (κ3) is 4.86. The molecule has 0 radical (unpaired) electrons. The number of nitrogens with zero attached hydrogens (tertiary/aromatic N) is 1. The van der Waals surface area contributed by atoms with Crippen LogP contribution in [-0.2, 0) is 4.74 Å². The first kappa shape index (κ1) is 16.6. The average Bonchev–Trinajstić information content (AvgIpc) is 2.56. The van der Waals surface area contributed by atoms with E-state index in [0.717, 1.165) is 0 Å². The van der Waals surface area contributed by atoms with E-state index in [4.69, 9.17) is 17.0 Å². The molecule has 1 aromatic heterocycles. The Morgan fingerprint density at radius 2 is 1.87 bits per heavy atom. The number of ether oxygens (including phenoxy) is 1. The van der Waals surface area contributed by atoms with Gasteiger partial charge in [0.2, 0.25) is 0 Å². The standard InChI is InChI=1S/C16H15N3O3S/c1-2-22-15(21)12-8-9-13(17-10-12)18-16(23)19-14(20)11-6-4-3-5-7-11/h3-10H,2H2,1H3,(H2,17,18,19,20,23). The minimum absolute atomic E-state index is 0.121. The van der Waals surface area contributed by atoms with Crippen LogP contribution < -0.4 is 10.6 Å². The van der Waals surface area contributed by atoms with Crippen LogP contribution in [0.25, 0.3) is 0 Å². The van der Waals surface area contributed by atoms with Crippen molar-refractivity contribution in [3.63, 3.8) is 0 Å². The molecule has 1 aromatic carbocycles. The van der Waals surface area contributed by atoms with E-state index in [1.54, 1.807) is 43.3 Å². The highest BCUT2D eigenvalue weighted by atomic mass is 32.1. The van der Waals surface area contributed by atoms with Gasteiger partial charge in [0.25, 0.3) is 5.91 Å². The third-order valence-corrected chi connectivity index (χ3v) is 2.98. The molecule has 0 saturated heterocycles. The fourth-order valence-corrected chi connectivity index (χ4v) is 1.91. The van der Waals surface area contributed by atoms with Gasteiger partial charge in [-0.2, -0.15) is 0 Å². The number of aromatic nitrogens is 1. The summed E-state index contributed by atoms with van der Waals surface area (Å²) in [7, 11) is 0. The van der Waals surface area contributed by atoms with Crippen LogP contribution in [-0.4, -0.2) is 28.6 Å². The minimum Gasteiger partial charge on any atom is -0.462 e. The zero-order valence-corrected chi connectivity index (χ0v) is 13.2. The molecule has 0 aliphatic carbocycles. The second kappa shape index (κ2) is 8.00. The first-order chi connectivity index (χ1) is 11.1. The molecule has 0 fully saturated rings. The Hall–Kier alpha value is -2.80. The summed E-state index contributed by atoms with van der Waals surface area (Å²) >= 11 is 5.06. The molecular formula is C16H15N3O3S. The summed E-state index contributed by atoms with van der Waals surface area (Å²) in [4.78, 5) is 27.5. The van der Waals surface area contributed by atoms with Gasteiger partial charge in [0.05, 0.1) is 12.2 Å². The Balaban J connectivity index is 1.93. The van der Waals surface area contributed by atoms with Gasteiger partial charge in [-0.1, -0.05) is 18.2 Å². The number of rotatable bonds is 4. The maximum absolute atomic E-state index is 11.9. The van der Waals surface area contributed by atoms with Crippen molar-refractivity contribution in [2.45, 2.75) is 6.92 Å². The highest BCUT2D eigenvalue weighted by Crippen LogP contribution is 2.07. The molecule has 0 bridgehead atoms. The van der Waals surface area contributed by atoms with Crippen LogP contribution in [0.4, 0.5) is 5.82 Å². The van der Waals surface area contributed by atoms with Crippen LogP contribution >= 0.6 is 12.2 Å². The molecule has 0 saturated carbocycles. The van der Waals surface area contributed by atoms with Crippen molar-refractivity contribution in [1.82, 2.24) is 10.3 Å². The molecule has 6 nitrogen and oxygen atoms in total. The lowest BCUT2D eigenvalue weighted by Crippen LogP contribution is -2.34. The number of nitrogens with one attached hydrogen (secondary N) is 2. The van der Waals surface area contributed by atoms with Crippen LogP contribution in [0, 0.1) is 0 Å². The SMILES string of the molecule is CCOC(=O)c1ccc(NC(=S)NC(=O)c2ccccc2)nc1. The molecule has 118 valence electrons. The van der Waals surface area contributed by atoms with Crippen molar-refractivity contribution in [3.05, 3.63) is 59.8 Å². The predicted molar refractivity (Wildman–Crippen MR) is 90.3 cm³/mol. The fraction of sp³-hybridized carbons (Fsp3) is 0.125. The summed E-state index contributed by atoms with van der Waals surface area (Å²) in [5.41, 5.74) is 0.846. The number of benzene rings is 1. The maximum atomic E-state index is 11.9. The molecule has 1 amide bonds.